The minimum absolute atomic E-state index is 0.133. The fraction of sp³-hybridized carbons (Fsp3) is 0.364. The summed E-state index contributed by atoms with van der Waals surface area (Å²) in [6, 6.07) is 14.1. The van der Waals surface area contributed by atoms with E-state index in [0.29, 0.717) is 23.6 Å². The Balaban J connectivity index is 2.06. The fourth-order valence-corrected chi connectivity index (χ4v) is 3.21. The Morgan fingerprint density at radius 1 is 1.21 bits per heavy atom. The highest BCUT2D eigenvalue weighted by molar-refractivity contribution is 5.91. The van der Waals surface area contributed by atoms with E-state index in [1.54, 1.807) is 30.2 Å². The number of nitrogens with zero attached hydrogens (tertiary/aromatic N) is 1. The molecule has 6 heteroatoms. The number of methoxy groups -OCH3 is 1. The summed E-state index contributed by atoms with van der Waals surface area (Å²) in [5.41, 5.74) is 1.16. The lowest BCUT2D eigenvalue weighted by molar-refractivity contribution is -0.142. The van der Waals surface area contributed by atoms with Gasteiger partial charge in [-0.2, -0.15) is 0 Å². The van der Waals surface area contributed by atoms with Crippen LogP contribution < -0.4 is 14.8 Å². The summed E-state index contributed by atoms with van der Waals surface area (Å²) in [4.78, 5) is 27.7. The quantitative estimate of drug-likeness (QED) is 0.882. The number of rotatable bonds is 4. The van der Waals surface area contributed by atoms with Crippen LogP contribution in [0.3, 0.4) is 0 Å². The maximum absolute atomic E-state index is 13.2. The minimum atomic E-state index is -0.796. The van der Waals surface area contributed by atoms with Crippen LogP contribution >= 0.6 is 0 Å². The van der Waals surface area contributed by atoms with E-state index in [1.807, 2.05) is 51.1 Å². The van der Waals surface area contributed by atoms with Gasteiger partial charge in [0.25, 0.3) is 5.91 Å². The molecule has 0 saturated carbocycles. The van der Waals surface area contributed by atoms with Crippen LogP contribution in [0.5, 0.6) is 11.5 Å². The largest absolute Gasteiger partial charge is 0.497 e. The summed E-state index contributed by atoms with van der Waals surface area (Å²) in [6.45, 7) is 5.92. The first-order chi connectivity index (χ1) is 13.3. The summed E-state index contributed by atoms with van der Waals surface area (Å²) in [5.74, 6) is 0.608. The zero-order valence-corrected chi connectivity index (χ0v) is 16.7. The van der Waals surface area contributed by atoms with E-state index in [9.17, 15) is 9.59 Å². The molecule has 0 radical (unpaired) electrons. The van der Waals surface area contributed by atoms with Gasteiger partial charge in [0.05, 0.1) is 7.11 Å². The van der Waals surface area contributed by atoms with Gasteiger partial charge in [0.2, 0.25) is 5.91 Å². The third-order valence-electron chi connectivity index (χ3n) is 4.44. The first-order valence-corrected chi connectivity index (χ1v) is 9.24. The smallest absolute Gasteiger partial charge is 0.261 e. The van der Waals surface area contributed by atoms with Crippen LogP contribution in [0.1, 0.15) is 37.9 Å². The molecule has 3 rings (SSSR count). The van der Waals surface area contributed by atoms with Gasteiger partial charge in [0.1, 0.15) is 17.5 Å². The molecule has 1 aliphatic heterocycles. The lowest BCUT2D eigenvalue weighted by atomic mass is 10.00. The van der Waals surface area contributed by atoms with Gasteiger partial charge in [-0.1, -0.05) is 30.3 Å². The molecule has 0 spiro atoms. The molecule has 1 unspecified atom stereocenters. The first-order valence-electron chi connectivity index (χ1n) is 9.24. The number of amides is 2. The van der Waals surface area contributed by atoms with Crippen molar-refractivity contribution in [2.75, 3.05) is 13.7 Å². The van der Waals surface area contributed by atoms with Gasteiger partial charge in [-0.3, -0.25) is 9.59 Å². The van der Waals surface area contributed by atoms with Crippen LogP contribution in [0.2, 0.25) is 0 Å². The number of nitrogens with one attached hydrogen (secondary N) is 1. The Kier molecular flexibility index (Phi) is 5.58. The Morgan fingerprint density at radius 3 is 2.57 bits per heavy atom. The molecule has 1 aliphatic rings. The summed E-state index contributed by atoms with van der Waals surface area (Å²) >= 11 is 0. The predicted octanol–water partition coefficient (Wildman–Crippen LogP) is 3.07. The number of fused-ring (bicyclic) bond motifs is 1. The van der Waals surface area contributed by atoms with E-state index in [4.69, 9.17) is 9.47 Å². The van der Waals surface area contributed by atoms with Gasteiger partial charge in [0.15, 0.2) is 6.61 Å². The van der Waals surface area contributed by atoms with E-state index in [0.717, 1.165) is 5.56 Å². The summed E-state index contributed by atoms with van der Waals surface area (Å²) < 4.78 is 11.0. The number of hydrogen-bond donors (Lipinski definition) is 1. The number of ether oxygens (including phenoxy) is 2. The topological polar surface area (TPSA) is 67.9 Å². The molecule has 2 aromatic rings. The van der Waals surface area contributed by atoms with Crippen molar-refractivity contribution in [2.24, 2.45) is 0 Å². The molecule has 2 amide bonds. The maximum Gasteiger partial charge on any atom is 0.261 e. The van der Waals surface area contributed by atoms with Crippen LogP contribution in [0, 0.1) is 0 Å². The summed E-state index contributed by atoms with van der Waals surface area (Å²) in [5, 5.41) is 3.00. The average molecular weight is 382 g/mol. The third kappa shape index (κ3) is 4.44. The second kappa shape index (κ2) is 7.92. The molecule has 0 saturated heterocycles. The zero-order valence-electron chi connectivity index (χ0n) is 16.7. The van der Waals surface area contributed by atoms with Crippen molar-refractivity contribution in [1.82, 2.24) is 10.2 Å². The summed E-state index contributed by atoms with van der Waals surface area (Å²) in [7, 11) is 1.56. The molecule has 1 heterocycles. The van der Waals surface area contributed by atoms with E-state index in [-0.39, 0.29) is 18.4 Å². The van der Waals surface area contributed by atoms with Crippen molar-refractivity contribution in [3.63, 3.8) is 0 Å². The number of carbonyl (C=O) groups is 2. The van der Waals surface area contributed by atoms with Gasteiger partial charge in [0, 0.05) is 23.7 Å². The van der Waals surface area contributed by atoms with E-state index in [1.165, 1.54) is 0 Å². The van der Waals surface area contributed by atoms with Crippen molar-refractivity contribution in [3.05, 3.63) is 59.7 Å². The molecule has 28 heavy (non-hydrogen) atoms. The van der Waals surface area contributed by atoms with Crippen LogP contribution in [-0.2, 0) is 16.1 Å². The first kappa shape index (κ1) is 19.7. The van der Waals surface area contributed by atoms with E-state index in [2.05, 4.69) is 5.32 Å². The van der Waals surface area contributed by atoms with E-state index >= 15 is 0 Å². The van der Waals surface area contributed by atoms with Crippen LogP contribution in [0.15, 0.2) is 48.5 Å². The molecular weight excluding hydrogens is 356 g/mol. The third-order valence-corrected chi connectivity index (χ3v) is 4.44. The minimum Gasteiger partial charge on any atom is -0.497 e. The Hall–Kier alpha value is -3.02. The fourth-order valence-electron chi connectivity index (χ4n) is 3.21. The average Bonchev–Trinajstić information content (AvgIpc) is 2.78. The second-order valence-corrected chi connectivity index (χ2v) is 7.84. The molecule has 0 aromatic heterocycles. The van der Waals surface area contributed by atoms with Gasteiger partial charge in [-0.25, -0.2) is 0 Å². The standard InChI is InChI=1S/C22H26N2O4/c1-22(2,3)23-21(26)20-17-11-10-16(27-4)12-18(17)28-14-19(25)24(20)13-15-8-6-5-7-9-15/h5-12,20H,13-14H2,1-4H3,(H,23,26). The Morgan fingerprint density at radius 2 is 1.93 bits per heavy atom. The van der Waals surface area contributed by atoms with Crippen LogP contribution in [0.4, 0.5) is 0 Å². The lowest BCUT2D eigenvalue weighted by Crippen LogP contribution is -2.49. The molecule has 2 aromatic carbocycles. The van der Waals surface area contributed by atoms with E-state index < -0.39 is 11.6 Å². The van der Waals surface area contributed by atoms with Crippen molar-refractivity contribution >= 4 is 11.8 Å². The van der Waals surface area contributed by atoms with Crippen molar-refractivity contribution in [3.8, 4) is 11.5 Å². The highest BCUT2D eigenvalue weighted by Crippen LogP contribution is 2.36. The number of benzene rings is 2. The van der Waals surface area contributed by atoms with Crippen LogP contribution in [-0.4, -0.2) is 36.0 Å². The molecule has 1 atom stereocenters. The number of carbonyl (C=O) groups excluding carboxylic acids is 2. The Bertz CT molecular complexity index is 859. The maximum atomic E-state index is 13.2. The zero-order chi connectivity index (χ0) is 20.3. The van der Waals surface area contributed by atoms with Crippen LogP contribution in [0.25, 0.3) is 0 Å². The van der Waals surface area contributed by atoms with Crippen molar-refractivity contribution in [1.29, 1.82) is 0 Å². The SMILES string of the molecule is COc1ccc2c(c1)OCC(=O)N(Cc1ccccc1)C2C(=O)NC(C)(C)C. The van der Waals surface area contributed by atoms with Gasteiger partial charge < -0.3 is 19.7 Å². The highest BCUT2D eigenvalue weighted by atomic mass is 16.5. The molecule has 0 bridgehead atoms. The second-order valence-electron chi connectivity index (χ2n) is 7.84. The van der Waals surface area contributed by atoms with Gasteiger partial charge >= 0.3 is 0 Å². The van der Waals surface area contributed by atoms with Gasteiger partial charge in [-0.05, 0) is 38.5 Å². The van der Waals surface area contributed by atoms with Crippen molar-refractivity contribution < 1.29 is 19.1 Å². The molecule has 0 fully saturated rings. The monoisotopic (exact) mass is 382 g/mol. The normalized spacial score (nSPS) is 16.6. The molecular formula is C22H26N2O4. The van der Waals surface area contributed by atoms with Crippen molar-refractivity contribution in [2.45, 2.75) is 38.9 Å². The molecule has 0 aliphatic carbocycles. The highest BCUT2D eigenvalue weighted by Gasteiger charge is 2.37. The van der Waals surface area contributed by atoms with Gasteiger partial charge in [-0.15, -0.1) is 0 Å². The molecule has 1 N–H and O–H groups in total. The molecule has 148 valence electrons. The number of hydrogen-bond acceptors (Lipinski definition) is 4. The predicted molar refractivity (Wildman–Crippen MR) is 106 cm³/mol. The molecule has 6 nitrogen and oxygen atoms in total. The summed E-state index contributed by atoms with van der Waals surface area (Å²) in [6.07, 6.45) is 0. The lowest BCUT2D eigenvalue weighted by Gasteiger charge is -2.32. The Labute approximate surface area is 165 Å².